The molecule has 1 heterocycles. The van der Waals surface area contributed by atoms with Gasteiger partial charge in [-0.2, -0.15) is 0 Å². The number of carboxylic acid groups (broad SMARTS) is 1. The smallest absolute Gasteiger partial charge is 0.321 e. The number of rotatable bonds is 4. The molecule has 1 aliphatic rings. The van der Waals surface area contributed by atoms with Gasteiger partial charge in [-0.15, -0.1) is 0 Å². The lowest BCUT2D eigenvalue weighted by Crippen LogP contribution is -2.41. The molecule has 4 nitrogen and oxygen atoms in total. The zero-order valence-electron chi connectivity index (χ0n) is 10.9. The third-order valence-corrected chi connectivity index (χ3v) is 4.08. The number of halogens is 2. The van der Waals surface area contributed by atoms with E-state index in [4.69, 9.17) is 22.1 Å². The zero-order valence-corrected chi connectivity index (χ0v) is 11.6. The standard InChI is InChI=1S/C14H17ClFNO3/c15-10-2-1-9(7-11(10)16)12(13(17)14(18)19)8-3-5-20-6-4-8/h1-2,7-8,12-13H,3-6,17H2,(H,18,19)/t12?,13-/m0/s1. The second-order valence-corrected chi connectivity index (χ2v) is 5.42. The van der Waals surface area contributed by atoms with Gasteiger partial charge in [0.05, 0.1) is 5.02 Å². The molecule has 3 N–H and O–H groups in total. The summed E-state index contributed by atoms with van der Waals surface area (Å²) in [5.41, 5.74) is 6.39. The Hall–Kier alpha value is -1.17. The first-order valence-corrected chi connectivity index (χ1v) is 6.89. The quantitative estimate of drug-likeness (QED) is 0.895. The van der Waals surface area contributed by atoms with Crippen molar-refractivity contribution < 1.29 is 19.0 Å². The molecule has 1 unspecified atom stereocenters. The highest BCUT2D eigenvalue weighted by atomic mass is 35.5. The van der Waals surface area contributed by atoms with Crippen molar-refractivity contribution >= 4 is 17.6 Å². The first-order valence-electron chi connectivity index (χ1n) is 6.51. The van der Waals surface area contributed by atoms with Crippen LogP contribution in [-0.2, 0) is 9.53 Å². The molecule has 0 aromatic heterocycles. The van der Waals surface area contributed by atoms with Crippen LogP contribution >= 0.6 is 11.6 Å². The largest absolute Gasteiger partial charge is 0.480 e. The van der Waals surface area contributed by atoms with Crippen LogP contribution in [0.5, 0.6) is 0 Å². The molecule has 6 heteroatoms. The van der Waals surface area contributed by atoms with Crippen molar-refractivity contribution in [3.63, 3.8) is 0 Å². The fraction of sp³-hybridized carbons (Fsp3) is 0.500. The van der Waals surface area contributed by atoms with Gasteiger partial charge in [-0.05, 0) is 36.5 Å². The van der Waals surface area contributed by atoms with Crippen LogP contribution in [0.3, 0.4) is 0 Å². The molecule has 1 fully saturated rings. The van der Waals surface area contributed by atoms with Crippen molar-refractivity contribution in [1.29, 1.82) is 0 Å². The summed E-state index contributed by atoms with van der Waals surface area (Å²) in [5.74, 6) is -2.02. The molecule has 0 radical (unpaired) electrons. The molecule has 20 heavy (non-hydrogen) atoms. The molecule has 0 amide bonds. The summed E-state index contributed by atoms with van der Waals surface area (Å²) in [4.78, 5) is 11.2. The van der Waals surface area contributed by atoms with Crippen LogP contribution in [0, 0.1) is 11.7 Å². The summed E-state index contributed by atoms with van der Waals surface area (Å²) in [6, 6.07) is 3.30. The fourth-order valence-corrected chi connectivity index (χ4v) is 2.84. The minimum atomic E-state index is -1.09. The van der Waals surface area contributed by atoms with E-state index in [1.807, 2.05) is 0 Å². The molecule has 110 valence electrons. The Balaban J connectivity index is 2.33. The lowest BCUT2D eigenvalue weighted by atomic mass is 9.77. The van der Waals surface area contributed by atoms with E-state index in [9.17, 15) is 14.3 Å². The van der Waals surface area contributed by atoms with Gasteiger partial charge in [0.25, 0.3) is 0 Å². The number of nitrogens with two attached hydrogens (primary N) is 1. The van der Waals surface area contributed by atoms with Crippen LogP contribution in [0.4, 0.5) is 4.39 Å². The maximum Gasteiger partial charge on any atom is 0.321 e. The van der Waals surface area contributed by atoms with E-state index in [-0.39, 0.29) is 10.9 Å². The van der Waals surface area contributed by atoms with E-state index < -0.39 is 23.7 Å². The summed E-state index contributed by atoms with van der Waals surface area (Å²) >= 11 is 5.67. The normalized spacial score (nSPS) is 19.6. The monoisotopic (exact) mass is 301 g/mol. The molecule has 1 saturated heterocycles. The SMILES string of the molecule is N[C@H](C(=O)O)C(c1ccc(Cl)c(F)c1)C1CCOCC1. The van der Waals surface area contributed by atoms with E-state index in [2.05, 4.69) is 0 Å². The molecule has 1 aliphatic heterocycles. The molecule has 1 aromatic rings. The van der Waals surface area contributed by atoms with Gasteiger partial charge < -0.3 is 15.6 Å². The number of ether oxygens (including phenoxy) is 1. The Kier molecular flexibility index (Phi) is 4.96. The third-order valence-electron chi connectivity index (χ3n) is 3.77. The van der Waals surface area contributed by atoms with Gasteiger partial charge in [-0.25, -0.2) is 4.39 Å². The Morgan fingerprint density at radius 1 is 1.45 bits per heavy atom. The highest BCUT2D eigenvalue weighted by Crippen LogP contribution is 2.35. The molecule has 1 aromatic carbocycles. The number of hydrogen-bond donors (Lipinski definition) is 2. The van der Waals surface area contributed by atoms with Gasteiger partial charge in [0, 0.05) is 19.1 Å². The first-order chi connectivity index (χ1) is 9.50. The van der Waals surface area contributed by atoms with Crippen molar-refractivity contribution in [3.8, 4) is 0 Å². The predicted molar refractivity (Wildman–Crippen MR) is 73.3 cm³/mol. The molecule has 2 rings (SSSR count). The number of aliphatic carboxylic acids is 1. The van der Waals surface area contributed by atoms with Gasteiger partial charge >= 0.3 is 5.97 Å². The molecule has 0 saturated carbocycles. The molecular formula is C14H17ClFNO3. The fourth-order valence-electron chi connectivity index (χ4n) is 2.72. The van der Waals surface area contributed by atoms with Gasteiger partial charge in [-0.3, -0.25) is 4.79 Å². The predicted octanol–water partition coefficient (Wildman–Crippen LogP) is 2.40. The first kappa shape index (κ1) is 15.2. The van der Waals surface area contributed by atoms with Crippen molar-refractivity contribution in [1.82, 2.24) is 0 Å². The Labute approximate surface area is 121 Å². The minimum absolute atomic E-state index is 0.0170. The molecule has 2 atom stereocenters. The maximum absolute atomic E-state index is 13.6. The second-order valence-electron chi connectivity index (χ2n) is 5.01. The van der Waals surface area contributed by atoms with E-state index in [1.54, 1.807) is 6.07 Å². The number of carboxylic acids is 1. The van der Waals surface area contributed by atoms with Crippen LogP contribution in [0.25, 0.3) is 0 Å². The number of hydrogen-bond acceptors (Lipinski definition) is 3. The highest BCUT2D eigenvalue weighted by molar-refractivity contribution is 6.30. The molecule has 0 aliphatic carbocycles. The zero-order chi connectivity index (χ0) is 14.7. The third kappa shape index (κ3) is 3.29. The Bertz CT molecular complexity index is 491. The average Bonchev–Trinajstić information content (AvgIpc) is 2.44. The van der Waals surface area contributed by atoms with Gasteiger partial charge in [0.2, 0.25) is 0 Å². The van der Waals surface area contributed by atoms with Gasteiger partial charge in [-0.1, -0.05) is 17.7 Å². The number of carbonyl (C=O) groups is 1. The van der Waals surface area contributed by atoms with Crippen LogP contribution in [0.2, 0.25) is 5.02 Å². The van der Waals surface area contributed by atoms with E-state index >= 15 is 0 Å². The summed E-state index contributed by atoms with van der Waals surface area (Å²) in [6.07, 6.45) is 1.44. The average molecular weight is 302 g/mol. The Morgan fingerprint density at radius 2 is 2.10 bits per heavy atom. The lowest BCUT2D eigenvalue weighted by Gasteiger charge is -2.33. The lowest BCUT2D eigenvalue weighted by molar-refractivity contribution is -0.139. The molecular weight excluding hydrogens is 285 g/mol. The van der Waals surface area contributed by atoms with Crippen LogP contribution < -0.4 is 5.73 Å². The Morgan fingerprint density at radius 3 is 2.65 bits per heavy atom. The van der Waals surface area contributed by atoms with Gasteiger partial charge in [0.15, 0.2) is 0 Å². The summed E-state index contributed by atoms with van der Waals surface area (Å²) < 4.78 is 18.9. The van der Waals surface area contributed by atoms with E-state index in [0.717, 1.165) is 12.8 Å². The second kappa shape index (κ2) is 6.52. The van der Waals surface area contributed by atoms with Crippen LogP contribution in [0.1, 0.15) is 24.3 Å². The van der Waals surface area contributed by atoms with Crippen molar-refractivity contribution in [3.05, 3.63) is 34.6 Å². The molecule has 0 bridgehead atoms. The highest BCUT2D eigenvalue weighted by Gasteiger charge is 2.34. The van der Waals surface area contributed by atoms with Crippen molar-refractivity contribution in [2.45, 2.75) is 24.8 Å². The van der Waals surface area contributed by atoms with Gasteiger partial charge in [0.1, 0.15) is 11.9 Å². The topological polar surface area (TPSA) is 72.6 Å². The van der Waals surface area contributed by atoms with Crippen molar-refractivity contribution in [2.75, 3.05) is 13.2 Å². The van der Waals surface area contributed by atoms with Crippen LogP contribution in [-0.4, -0.2) is 30.3 Å². The summed E-state index contributed by atoms with van der Waals surface area (Å²) in [7, 11) is 0. The van der Waals surface area contributed by atoms with E-state index in [1.165, 1.54) is 12.1 Å². The molecule has 0 spiro atoms. The summed E-state index contributed by atoms with van der Waals surface area (Å²) in [6.45, 7) is 1.15. The number of benzene rings is 1. The van der Waals surface area contributed by atoms with Crippen molar-refractivity contribution in [2.24, 2.45) is 11.7 Å². The van der Waals surface area contributed by atoms with E-state index in [0.29, 0.717) is 18.8 Å². The van der Waals surface area contributed by atoms with Crippen LogP contribution in [0.15, 0.2) is 18.2 Å². The minimum Gasteiger partial charge on any atom is -0.480 e. The maximum atomic E-state index is 13.6. The summed E-state index contributed by atoms with van der Waals surface area (Å²) in [5, 5.41) is 9.21.